The first-order chi connectivity index (χ1) is 16.9. The van der Waals surface area contributed by atoms with E-state index in [2.05, 4.69) is 10.2 Å². The average molecular weight is 504 g/mol. The van der Waals surface area contributed by atoms with Crippen LogP contribution in [0.1, 0.15) is 85.0 Å². The molecule has 3 aliphatic heterocycles. The number of carbonyl (C=O) groups excluding carboxylic acids is 3. The number of nitrogens with zero attached hydrogens (tertiary/aromatic N) is 2. The third kappa shape index (κ3) is 4.73. The van der Waals surface area contributed by atoms with Gasteiger partial charge in [-0.2, -0.15) is 0 Å². The smallest absolute Gasteiger partial charge is 0.257 e. The normalized spacial score (nSPS) is 30.5. The highest BCUT2D eigenvalue weighted by Gasteiger charge is 2.46. The lowest BCUT2D eigenvalue weighted by atomic mass is 9.85. The van der Waals surface area contributed by atoms with E-state index in [1.165, 1.54) is 17.7 Å². The molecule has 35 heavy (non-hydrogen) atoms. The van der Waals surface area contributed by atoms with Crippen molar-refractivity contribution in [3.63, 3.8) is 0 Å². The van der Waals surface area contributed by atoms with Crippen molar-refractivity contribution >= 4 is 29.3 Å². The number of methoxy groups -OCH3 is 1. The number of imide groups is 1. The minimum atomic E-state index is -1.30. The number of benzene rings is 1. The SMILES string of the molecule is COC1CCC(CN2CCC(c3ccc4c(c3Cl)C(O)N(C3CCC(=O)NC3=O)C4=O)CC2)CC1. The van der Waals surface area contributed by atoms with E-state index in [9.17, 15) is 19.5 Å². The molecule has 0 aromatic heterocycles. The maximum atomic E-state index is 13.1. The summed E-state index contributed by atoms with van der Waals surface area (Å²) in [6.45, 7) is 3.15. The molecule has 1 aromatic carbocycles. The summed E-state index contributed by atoms with van der Waals surface area (Å²) in [5.41, 5.74) is 1.68. The summed E-state index contributed by atoms with van der Waals surface area (Å²) in [6.07, 6.45) is 6.17. The van der Waals surface area contributed by atoms with Gasteiger partial charge in [0.25, 0.3) is 5.91 Å². The molecule has 9 heteroatoms. The van der Waals surface area contributed by atoms with Crippen molar-refractivity contribution in [2.24, 2.45) is 5.92 Å². The third-order valence-electron chi connectivity index (χ3n) is 8.41. The Bertz CT molecular complexity index is 1000. The lowest BCUT2D eigenvalue weighted by Crippen LogP contribution is -2.53. The van der Waals surface area contributed by atoms with Crippen LogP contribution in [-0.2, 0) is 14.3 Å². The second-order valence-electron chi connectivity index (χ2n) is 10.4. The molecule has 0 spiro atoms. The number of carbonyl (C=O) groups is 3. The minimum absolute atomic E-state index is 0.134. The predicted molar refractivity (Wildman–Crippen MR) is 130 cm³/mol. The van der Waals surface area contributed by atoms with E-state index >= 15 is 0 Å². The molecular weight excluding hydrogens is 470 g/mol. The zero-order chi connectivity index (χ0) is 24.7. The average Bonchev–Trinajstić information content (AvgIpc) is 3.11. The van der Waals surface area contributed by atoms with Gasteiger partial charge < -0.3 is 14.7 Å². The van der Waals surface area contributed by atoms with E-state index in [1.807, 2.05) is 6.07 Å². The highest BCUT2D eigenvalue weighted by atomic mass is 35.5. The molecule has 1 aromatic rings. The van der Waals surface area contributed by atoms with E-state index in [0.29, 0.717) is 22.3 Å². The fourth-order valence-corrected chi connectivity index (χ4v) is 6.77. The van der Waals surface area contributed by atoms with Gasteiger partial charge in [0, 0.05) is 31.2 Å². The van der Waals surface area contributed by atoms with Gasteiger partial charge in [-0.15, -0.1) is 0 Å². The Morgan fingerprint density at radius 3 is 2.43 bits per heavy atom. The van der Waals surface area contributed by atoms with Crippen LogP contribution < -0.4 is 5.32 Å². The van der Waals surface area contributed by atoms with Crippen LogP contribution in [-0.4, -0.2) is 71.5 Å². The van der Waals surface area contributed by atoms with Crippen molar-refractivity contribution in [3.05, 3.63) is 33.8 Å². The highest BCUT2D eigenvalue weighted by molar-refractivity contribution is 6.33. The van der Waals surface area contributed by atoms with Crippen molar-refractivity contribution in [3.8, 4) is 0 Å². The Kier molecular flexibility index (Phi) is 7.17. The van der Waals surface area contributed by atoms with Crippen molar-refractivity contribution < 1.29 is 24.2 Å². The van der Waals surface area contributed by atoms with Gasteiger partial charge in [0.15, 0.2) is 6.23 Å². The van der Waals surface area contributed by atoms with Crippen molar-refractivity contribution in [2.75, 3.05) is 26.7 Å². The number of fused-ring (bicyclic) bond motifs is 1. The van der Waals surface area contributed by atoms with Gasteiger partial charge in [-0.05, 0) is 81.5 Å². The number of hydrogen-bond donors (Lipinski definition) is 2. The number of rotatable bonds is 5. The van der Waals surface area contributed by atoms with Crippen LogP contribution in [0.3, 0.4) is 0 Å². The van der Waals surface area contributed by atoms with E-state index in [-0.39, 0.29) is 24.7 Å². The van der Waals surface area contributed by atoms with Crippen LogP contribution in [0.4, 0.5) is 0 Å². The quantitative estimate of drug-likeness (QED) is 0.599. The molecule has 0 radical (unpaired) electrons. The molecule has 8 nitrogen and oxygen atoms in total. The van der Waals surface area contributed by atoms with Gasteiger partial charge >= 0.3 is 0 Å². The number of nitrogens with one attached hydrogen (secondary N) is 1. The number of hydrogen-bond acceptors (Lipinski definition) is 6. The summed E-state index contributed by atoms with van der Waals surface area (Å²) in [4.78, 5) is 40.7. The summed E-state index contributed by atoms with van der Waals surface area (Å²) in [6, 6.07) is 2.75. The molecule has 190 valence electrons. The molecule has 4 aliphatic rings. The first-order valence-corrected chi connectivity index (χ1v) is 13.2. The summed E-state index contributed by atoms with van der Waals surface area (Å²) < 4.78 is 5.50. The first kappa shape index (κ1) is 24.7. The minimum Gasteiger partial charge on any atom is -0.381 e. The Hall–Kier alpha value is -2.00. The summed E-state index contributed by atoms with van der Waals surface area (Å²) in [5.74, 6) is -0.338. The number of halogens is 1. The molecule has 2 unspecified atom stereocenters. The van der Waals surface area contributed by atoms with Crippen LogP contribution >= 0.6 is 11.6 Å². The maximum absolute atomic E-state index is 13.1. The molecule has 1 saturated carbocycles. The van der Waals surface area contributed by atoms with E-state index in [0.717, 1.165) is 56.8 Å². The van der Waals surface area contributed by atoms with Crippen LogP contribution in [0.5, 0.6) is 0 Å². The van der Waals surface area contributed by atoms with Crippen molar-refractivity contribution in [1.82, 2.24) is 15.1 Å². The van der Waals surface area contributed by atoms with Crippen LogP contribution in [0, 0.1) is 5.92 Å². The number of likely N-dealkylation sites (tertiary alicyclic amines) is 1. The van der Waals surface area contributed by atoms with Crippen molar-refractivity contribution in [2.45, 2.75) is 75.7 Å². The van der Waals surface area contributed by atoms with Crippen LogP contribution in [0.15, 0.2) is 12.1 Å². The van der Waals surface area contributed by atoms with Crippen molar-refractivity contribution in [1.29, 1.82) is 0 Å². The predicted octanol–water partition coefficient (Wildman–Crippen LogP) is 2.98. The van der Waals surface area contributed by atoms with Gasteiger partial charge in [-0.1, -0.05) is 17.7 Å². The van der Waals surface area contributed by atoms with Crippen LogP contribution in [0.2, 0.25) is 5.02 Å². The Morgan fingerprint density at radius 2 is 1.77 bits per heavy atom. The summed E-state index contributed by atoms with van der Waals surface area (Å²) >= 11 is 6.81. The molecule has 0 bridgehead atoms. The Labute approximate surface area is 210 Å². The lowest BCUT2D eigenvalue weighted by molar-refractivity contribution is -0.139. The molecule has 3 heterocycles. The lowest BCUT2D eigenvalue weighted by Gasteiger charge is -2.37. The molecule has 3 amide bonds. The molecule has 2 saturated heterocycles. The standard InChI is InChI=1S/C26H34ClN3O5/c1-35-17-4-2-15(3-5-17)14-29-12-10-16(11-13-29)18-6-7-19-22(23(18)27)26(34)30(25(19)33)20-8-9-21(31)28-24(20)32/h6-7,15-17,20,26,34H,2-5,8-14H2,1H3,(H,28,31,32). The summed E-state index contributed by atoms with van der Waals surface area (Å²) in [5, 5.41) is 13.7. The van der Waals surface area contributed by atoms with E-state index in [4.69, 9.17) is 16.3 Å². The number of aliphatic hydroxyl groups is 1. The van der Waals surface area contributed by atoms with Gasteiger partial charge in [-0.25, -0.2) is 0 Å². The highest BCUT2D eigenvalue weighted by Crippen LogP contribution is 2.44. The van der Waals surface area contributed by atoms with Gasteiger partial charge in [0.1, 0.15) is 6.04 Å². The molecule has 1 aliphatic carbocycles. The third-order valence-corrected chi connectivity index (χ3v) is 8.83. The van der Waals surface area contributed by atoms with Gasteiger partial charge in [-0.3, -0.25) is 24.6 Å². The number of aliphatic hydroxyl groups excluding tert-OH is 1. The zero-order valence-corrected chi connectivity index (χ0v) is 20.9. The number of amides is 3. The van der Waals surface area contributed by atoms with E-state index < -0.39 is 24.1 Å². The fourth-order valence-electron chi connectivity index (χ4n) is 6.35. The van der Waals surface area contributed by atoms with Gasteiger partial charge in [0.05, 0.1) is 11.1 Å². The zero-order valence-electron chi connectivity index (χ0n) is 20.2. The molecular formula is C26H34ClN3O5. The molecule has 5 rings (SSSR count). The second kappa shape index (κ2) is 10.2. The van der Waals surface area contributed by atoms with Gasteiger partial charge in [0.2, 0.25) is 11.8 Å². The molecule has 2 atom stereocenters. The van der Waals surface area contributed by atoms with Crippen LogP contribution in [0.25, 0.3) is 0 Å². The Morgan fingerprint density at radius 1 is 1.06 bits per heavy atom. The topological polar surface area (TPSA) is 99.2 Å². The molecule has 2 N–H and O–H groups in total. The monoisotopic (exact) mass is 503 g/mol. The fraction of sp³-hybridized carbons (Fsp3) is 0.654. The number of piperidine rings is 2. The summed E-state index contributed by atoms with van der Waals surface area (Å²) in [7, 11) is 1.81. The Balaban J connectivity index is 1.24. The second-order valence-corrected chi connectivity index (χ2v) is 10.8. The van der Waals surface area contributed by atoms with E-state index in [1.54, 1.807) is 13.2 Å². The first-order valence-electron chi connectivity index (χ1n) is 12.8. The molecule has 3 fully saturated rings. The maximum Gasteiger partial charge on any atom is 0.257 e. The number of ether oxygens (including phenoxy) is 1. The largest absolute Gasteiger partial charge is 0.381 e.